The second-order valence-electron chi connectivity index (χ2n) is 5.14. The zero-order valence-corrected chi connectivity index (χ0v) is 13.9. The quantitative estimate of drug-likeness (QED) is 0.394. The summed E-state index contributed by atoms with van der Waals surface area (Å²) in [6.07, 6.45) is 3.37. The molecule has 0 unspecified atom stereocenters. The summed E-state index contributed by atoms with van der Waals surface area (Å²) in [4.78, 5) is 10.1. The van der Waals surface area contributed by atoms with Crippen molar-refractivity contribution in [2.45, 2.75) is 11.8 Å². The fraction of sp³-hybridized carbons (Fsp3) is 0.0625. The first-order valence-electron chi connectivity index (χ1n) is 7.17. The highest BCUT2D eigenvalue weighted by atomic mass is 32.2. The van der Waals surface area contributed by atoms with Gasteiger partial charge in [0, 0.05) is 24.0 Å². The number of benzene rings is 2. The molecule has 0 bridgehead atoms. The largest absolute Gasteiger partial charge is 0.379 e. The van der Waals surface area contributed by atoms with Crippen LogP contribution in [0.25, 0.3) is 5.69 Å². The van der Waals surface area contributed by atoms with E-state index in [0.29, 0.717) is 0 Å². The minimum absolute atomic E-state index is 0.0284. The van der Waals surface area contributed by atoms with E-state index in [4.69, 9.17) is 4.18 Å². The van der Waals surface area contributed by atoms with Crippen LogP contribution in [0, 0.1) is 17.0 Å². The molecular formula is C16H13N3O5S. The molecule has 0 saturated heterocycles. The first kappa shape index (κ1) is 16.7. The highest BCUT2D eigenvalue weighted by molar-refractivity contribution is 7.87. The molecule has 0 fully saturated rings. The van der Waals surface area contributed by atoms with Crippen LogP contribution in [0.3, 0.4) is 0 Å². The summed E-state index contributed by atoms with van der Waals surface area (Å²) in [7, 11) is -4.19. The van der Waals surface area contributed by atoms with E-state index >= 15 is 0 Å². The van der Waals surface area contributed by atoms with Gasteiger partial charge in [0.05, 0.1) is 10.6 Å². The molecule has 1 heterocycles. The summed E-state index contributed by atoms with van der Waals surface area (Å²) in [6.45, 7) is 1.37. The summed E-state index contributed by atoms with van der Waals surface area (Å²) < 4.78 is 31.6. The van der Waals surface area contributed by atoms with Gasteiger partial charge in [-0.05, 0) is 43.3 Å². The molecule has 8 nitrogen and oxygen atoms in total. The number of hydrogen-bond donors (Lipinski definition) is 0. The second-order valence-corrected chi connectivity index (χ2v) is 6.65. The van der Waals surface area contributed by atoms with Crippen LogP contribution in [0.1, 0.15) is 5.56 Å². The van der Waals surface area contributed by atoms with Gasteiger partial charge < -0.3 is 4.18 Å². The Bertz CT molecular complexity index is 1010. The van der Waals surface area contributed by atoms with Crippen molar-refractivity contribution < 1.29 is 17.5 Å². The molecule has 3 aromatic rings. The Labute approximate surface area is 143 Å². The number of nitro benzene ring substituents is 1. The monoisotopic (exact) mass is 359 g/mol. The van der Waals surface area contributed by atoms with Crippen LogP contribution in [0.5, 0.6) is 5.75 Å². The van der Waals surface area contributed by atoms with E-state index < -0.39 is 15.0 Å². The van der Waals surface area contributed by atoms with E-state index in [0.717, 1.165) is 5.69 Å². The van der Waals surface area contributed by atoms with Gasteiger partial charge in [0.1, 0.15) is 10.6 Å². The lowest BCUT2D eigenvalue weighted by molar-refractivity contribution is -0.385. The summed E-state index contributed by atoms with van der Waals surface area (Å²) in [5.41, 5.74) is 0.487. The van der Waals surface area contributed by atoms with E-state index in [1.54, 1.807) is 35.3 Å². The minimum atomic E-state index is -4.19. The lowest BCUT2D eigenvalue weighted by Gasteiger charge is -2.10. The Hall–Kier alpha value is -3.20. The van der Waals surface area contributed by atoms with E-state index in [-0.39, 0.29) is 21.9 Å². The number of rotatable bonds is 5. The molecule has 0 aliphatic rings. The normalized spacial score (nSPS) is 11.2. The van der Waals surface area contributed by atoms with Crippen LogP contribution in [0.2, 0.25) is 0 Å². The first-order chi connectivity index (χ1) is 11.9. The third kappa shape index (κ3) is 3.36. The number of nitro groups is 1. The average molecular weight is 359 g/mol. The van der Waals surface area contributed by atoms with Gasteiger partial charge in [-0.3, -0.25) is 10.1 Å². The topological polar surface area (TPSA) is 104 Å². The lowest BCUT2D eigenvalue weighted by Crippen LogP contribution is -2.12. The zero-order chi connectivity index (χ0) is 18.0. The van der Waals surface area contributed by atoms with E-state index in [2.05, 4.69) is 5.10 Å². The number of nitrogens with zero attached hydrogens (tertiary/aromatic N) is 3. The highest BCUT2D eigenvalue weighted by Gasteiger charge is 2.24. The van der Waals surface area contributed by atoms with Crippen LogP contribution in [-0.2, 0) is 10.1 Å². The van der Waals surface area contributed by atoms with Crippen molar-refractivity contribution >= 4 is 15.8 Å². The second kappa shape index (κ2) is 6.36. The van der Waals surface area contributed by atoms with Crippen molar-refractivity contribution in [2.75, 3.05) is 0 Å². The molecule has 1 aromatic heterocycles. The van der Waals surface area contributed by atoms with Crippen molar-refractivity contribution in [1.82, 2.24) is 9.78 Å². The Balaban J connectivity index is 1.90. The van der Waals surface area contributed by atoms with Crippen LogP contribution < -0.4 is 4.18 Å². The maximum absolute atomic E-state index is 12.4. The molecule has 2 aromatic carbocycles. The minimum Gasteiger partial charge on any atom is -0.379 e. The predicted molar refractivity (Wildman–Crippen MR) is 89.2 cm³/mol. The molecule has 9 heteroatoms. The summed E-state index contributed by atoms with van der Waals surface area (Å²) in [5, 5.41) is 15.0. The Morgan fingerprint density at radius 2 is 1.84 bits per heavy atom. The Morgan fingerprint density at radius 1 is 1.12 bits per heavy atom. The van der Waals surface area contributed by atoms with E-state index in [9.17, 15) is 18.5 Å². The van der Waals surface area contributed by atoms with E-state index in [1.807, 2.05) is 0 Å². The molecule has 0 saturated carbocycles. The van der Waals surface area contributed by atoms with Crippen molar-refractivity contribution in [3.63, 3.8) is 0 Å². The van der Waals surface area contributed by atoms with Crippen LogP contribution in [0.15, 0.2) is 65.8 Å². The maximum atomic E-state index is 12.4. The Kier molecular flexibility index (Phi) is 4.24. The molecule has 25 heavy (non-hydrogen) atoms. The van der Waals surface area contributed by atoms with Gasteiger partial charge in [-0.1, -0.05) is 6.07 Å². The van der Waals surface area contributed by atoms with Crippen molar-refractivity contribution in [3.05, 3.63) is 76.6 Å². The lowest BCUT2D eigenvalue weighted by atomic mass is 10.2. The SMILES string of the molecule is Cc1c([N+](=O)[O-])cccc1S(=O)(=O)Oc1ccc(-n2cccn2)cc1. The summed E-state index contributed by atoms with van der Waals surface area (Å²) in [5.74, 6) is 0.0989. The smallest absolute Gasteiger partial charge is 0.339 e. The third-order valence-corrected chi connectivity index (χ3v) is 4.93. The molecular weight excluding hydrogens is 346 g/mol. The zero-order valence-electron chi connectivity index (χ0n) is 13.1. The van der Waals surface area contributed by atoms with Gasteiger partial charge in [-0.2, -0.15) is 13.5 Å². The fourth-order valence-corrected chi connectivity index (χ4v) is 3.50. The molecule has 0 radical (unpaired) electrons. The molecule has 3 rings (SSSR count). The maximum Gasteiger partial charge on any atom is 0.339 e. The van der Waals surface area contributed by atoms with E-state index in [1.165, 1.54) is 37.3 Å². The van der Waals surface area contributed by atoms with Crippen LogP contribution in [-0.4, -0.2) is 23.1 Å². The molecule has 0 atom stereocenters. The molecule has 128 valence electrons. The standard InChI is InChI=1S/C16H13N3O5S/c1-12-15(19(20)21)4-2-5-16(12)25(22,23)24-14-8-6-13(7-9-14)18-11-3-10-17-18/h2-11H,1H3. The van der Waals surface area contributed by atoms with Crippen LogP contribution >= 0.6 is 0 Å². The fourth-order valence-electron chi connectivity index (χ4n) is 2.32. The summed E-state index contributed by atoms with van der Waals surface area (Å²) >= 11 is 0. The van der Waals surface area contributed by atoms with Gasteiger partial charge in [0.15, 0.2) is 0 Å². The van der Waals surface area contributed by atoms with Gasteiger partial charge in [0.2, 0.25) is 0 Å². The van der Waals surface area contributed by atoms with Gasteiger partial charge in [-0.15, -0.1) is 0 Å². The number of hydrogen-bond acceptors (Lipinski definition) is 6. The average Bonchev–Trinajstić information content (AvgIpc) is 3.09. The van der Waals surface area contributed by atoms with Gasteiger partial charge in [-0.25, -0.2) is 4.68 Å². The number of aromatic nitrogens is 2. The van der Waals surface area contributed by atoms with Crippen molar-refractivity contribution in [2.24, 2.45) is 0 Å². The molecule has 0 amide bonds. The van der Waals surface area contributed by atoms with Gasteiger partial charge in [0.25, 0.3) is 5.69 Å². The van der Waals surface area contributed by atoms with Crippen molar-refractivity contribution in [1.29, 1.82) is 0 Å². The predicted octanol–water partition coefficient (Wildman–Crippen LogP) is 2.86. The molecule has 0 aliphatic carbocycles. The first-order valence-corrected chi connectivity index (χ1v) is 8.58. The Morgan fingerprint density at radius 3 is 2.44 bits per heavy atom. The molecule has 0 aliphatic heterocycles. The van der Waals surface area contributed by atoms with Crippen molar-refractivity contribution in [3.8, 4) is 11.4 Å². The molecule has 0 N–H and O–H groups in total. The van der Waals surface area contributed by atoms with Crippen LogP contribution in [0.4, 0.5) is 5.69 Å². The molecule has 0 spiro atoms. The summed E-state index contributed by atoms with van der Waals surface area (Å²) in [6, 6.07) is 11.9. The third-order valence-electron chi connectivity index (χ3n) is 3.53. The highest BCUT2D eigenvalue weighted by Crippen LogP contribution is 2.27. The van der Waals surface area contributed by atoms with Gasteiger partial charge >= 0.3 is 10.1 Å².